The van der Waals surface area contributed by atoms with Gasteiger partial charge in [-0.3, -0.25) is 9.48 Å². The molecule has 5 nitrogen and oxygen atoms in total. The van der Waals surface area contributed by atoms with Gasteiger partial charge in [0, 0.05) is 31.8 Å². The van der Waals surface area contributed by atoms with Crippen LogP contribution in [0.2, 0.25) is 0 Å². The number of rotatable bonds is 7. The molecule has 2 aromatic carbocycles. The summed E-state index contributed by atoms with van der Waals surface area (Å²) in [6.07, 6.45) is 4.34. The summed E-state index contributed by atoms with van der Waals surface area (Å²) >= 11 is 1.40. The first kappa shape index (κ1) is 20.9. The van der Waals surface area contributed by atoms with Gasteiger partial charge < -0.3 is 4.90 Å². The van der Waals surface area contributed by atoms with E-state index in [0.29, 0.717) is 24.4 Å². The summed E-state index contributed by atoms with van der Waals surface area (Å²) in [7, 11) is 1.79. The van der Waals surface area contributed by atoms with Crippen molar-refractivity contribution in [2.24, 2.45) is 0 Å². The second-order valence-corrected chi connectivity index (χ2v) is 8.60. The molecule has 2 heterocycles. The first-order valence-corrected chi connectivity index (χ1v) is 10.8. The van der Waals surface area contributed by atoms with Gasteiger partial charge in [0.05, 0.1) is 23.4 Å². The van der Waals surface area contributed by atoms with Crippen molar-refractivity contribution in [2.75, 3.05) is 7.05 Å². The molecule has 0 radical (unpaired) electrons. The van der Waals surface area contributed by atoms with Crippen LogP contribution in [0.4, 0.5) is 4.39 Å². The third-order valence-corrected chi connectivity index (χ3v) is 6.09. The molecule has 0 N–H and O–H groups in total. The number of amides is 1. The van der Waals surface area contributed by atoms with Crippen molar-refractivity contribution in [3.05, 3.63) is 105 Å². The Hall–Kier alpha value is -3.32. The molecule has 0 aliphatic carbocycles. The summed E-state index contributed by atoms with van der Waals surface area (Å²) < 4.78 is 15.0. The lowest BCUT2D eigenvalue weighted by molar-refractivity contribution is 0.0789. The maximum atomic E-state index is 13.1. The standard InChI is InChI=1S/C24H23FN4OS/c1-17-23(31-22(27-17)12-18-8-10-21(25)11-9-18)24(30)28(2)14-20-13-26-29(16-20)15-19-6-4-3-5-7-19/h3-11,13,16H,12,14-15H2,1-2H3. The highest BCUT2D eigenvalue weighted by molar-refractivity contribution is 7.13. The SMILES string of the molecule is Cc1nc(Cc2ccc(F)cc2)sc1C(=O)N(C)Cc1cnn(Cc2ccccc2)c1. The van der Waals surface area contributed by atoms with Gasteiger partial charge in [-0.15, -0.1) is 11.3 Å². The summed E-state index contributed by atoms with van der Waals surface area (Å²) in [5.41, 5.74) is 3.84. The van der Waals surface area contributed by atoms with Crippen LogP contribution in [0.25, 0.3) is 0 Å². The minimum absolute atomic E-state index is 0.0591. The van der Waals surface area contributed by atoms with Crippen molar-refractivity contribution < 1.29 is 9.18 Å². The number of hydrogen-bond acceptors (Lipinski definition) is 4. The lowest BCUT2D eigenvalue weighted by Gasteiger charge is -2.15. The van der Waals surface area contributed by atoms with Crippen LogP contribution < -0.4 is 0 Å². The highest BCUT2D eigenvalue weighted by Gasteiger charge is 2.20. The van der Waals surface area contributed by atoms with Gasteiger partial charge in [0.15, 0.2) is 0 Å². The predicted molar refractivity (Wildman–Crippen MR) is 120 cm³/mol. The number of benzene rings is 2. The summed E-state index contributed by atoms with van der Waals surface area (Å²) in [4.78, 5) is 19.9. The van der Waals surface area contributed by atoms with Crippen molar-refractivity contribution in [2.45, 2.75) is 26.4 Å². The maximum absolute atomic E-state index is 13.1. The summed E-state index contributed by atoms with van der Waals surface area (Å²) in [6.45, 7) is 3.01. The van der Waals surface area contributed by atoms with E-state index in [0.717, 1.165) is 21.8 Å². The molecule has 0 spiro atoms. The Bertz CT molecular complexity index is 1170. The molecule has 158 valence electrons. The molecule has 0 saturated carbocycles. The molecule has 2 aromatic heterocycles. The smallest absolute Gasteiger partial charge is 0.265 e. The van der Waals surface area contributed by atoms with Crippen molar-refractivity contribution in [1.29, 1.82) is 0 Å². The predicted octanol–water partition coefficient (Wildman–Crippen LogP) is 4.70. The molecule has 0 unspecified atom stereocenters. The van der Waals surface area contributed by atoms with E-state index >= 15 is 0 Å². The zero-order valence-corrected chi connectivity index (χ0v) is 18.3. The minimum atomic E-state index is -0.261. The average molecular weight is 435 g/mol. The van der Waals surface area contributed by atoms with Gasteiger partial charge in [0.1, 0.15) is 10.7 Å². The molecule has 0 aliphatic heterocycles. The van der Waals surface area contributed by atoms with Gasteiger partial charge in [0.25, 0.3) is 5.91 Å². The van der Waals surface area contributed by atoms with E-state index in [4.69, 9.17) is 0 Å². The van der Waals surface area contributed by atoms with E-state index in [9.17, 15) is 9.18 Å². The van der Waals surface area contributed by atoms with Crippen molar-refractivity contribution in [3.63, 3.8) is 0 Å². The quantitative estimate of drug-likeness (QED) is 0.424. The van der Waals surface area contributed by atoms with Crippen LogP contribution in [0.15, 0.2) is 67.0 Å². The Kier molecular flexibility index (Phi) is 6.23. The summed E-state index contributed by atoms with van der Waals surface area (Å²) in [6, 6.07) is 16.5. The zero-order valence-electron chi connectivity index (χ0n) is 17.5. The Morgan fingerprint density at radius 2 is 1.81 bits per heavy atom. The number of halogens is 1. The molecule has 31 heavy (non-hydrogen) atoms. The third kappa shape index (κ3) is 5.24. The van der Waals surface area contributed by atoms with E-state index in [-0.39, 0.29) is 11.7 Å². The molecular formula is C24H23FN4OS. The fraction of sp³-hybridized carbons (Fsp3) is 0.208. The number of carbonyl (C=O) groups is 1. The first-order valence-electron chi connectivity index (χ1n) is 9.99. The monoisotopic (exact) mass is 434 g/mol. The number of nitrogens with zero attached hydrogens (tertiary/aromatic N) is 4. The van der Waals surface area contributed by atoms with E-state index in [1.54, 1.807) is 30.3 Å². The van der Waals surface area contributed by atoms with Gasteiger partial charge in [-0.25, -0.2) is 9.37 Å². The van der Waals surface area contributed by atoms with Gasteiger partial charge in [-0.1, -0.05) is 42.5 Å². The molecule has 0 atom stereocenters. The van der Waals surface area contributed by atoms with E-state index in [1.807, 2.05) is 36.0 Å². The summed E-state index contributed by atoms with van der Waals surface area (Å²) in [5, 5.41) is 5.26. The molecule has 1 amide bonds. The van der Waals surface area contributed by atoms with Gasteiger partial charge in [-0.05, 0) is 30.2 Å². The molecular weight excluding hydrogens is 411 g/mol. The fourth-order valence-electron chi connectivity index (χ4n) is 3.37. The Morgan fingerprint density at radius 3 is 2.55 bits per heavy atom. The molecule has 4 rings (SSSR count). The number of aryl methyl sites for hydroxylation is 1. The maximum Gasteiger partial charge on any atom is 0.265 e. The molecule has 7 heteroatoms. The highest BCUT2D eigenvalue weighted by atomic mass is 32.1. The number of aromatic nitrogens is 3. The topological polar surface area (TPSA) is 51.0 Å². The zero-order chi connectivity index (χ0) is 21.8. The van der Waals surface area contributed by atoms with Crippen molar-refractivity contribution in [3.8, 4) is 0 Å². The Morgan fingerprint density at radius 1 is 1.06 bits per heavy atom. The van der Waals surface area contributed by atoms with Crippen LogP contribution in [0.3, 0.4) is 0 Å². The lowest BCUT2D eigenvalue weighted by Crippen LogP contribution is -2.25. The normalized spacial score (nSPS) is 10.9. The molecule has 0 saturated heterocycles. The fourth-order valence-corrected chi connectivity index (χ4v) is 4.46. The lowest BCUT2D eigenvalue weighted by atomic mass is 10.1. The van der Waals surface area contributed by atoms with E-state index in [2.05, 4.69) is 22.2 Å². The van der Waals surface area contributed by atoms with Crippen LogP contribution in [0.5, 0.6) is 0 Å². The number of thiazole rings is 1. The van der Waals surface area contributed by atoms with Gasteiger partial charge in [-0.2, -0.15) is 5.10 Å². The van der Waals surface area contributed by atoms with Crippen molar-refractivity contribution in [1.82, 2.24) is 19.7 Å². The molecule has 4 aromatic rings. The largest absolute Gasteiger partial charge is 0.337 e. The summed E-state index contributed by atoms with van der Waals surface area (Å²) in [5.74, 6) is -0.320. The van der Waals surface area contributed by atoms with Crippen molar-refractivity contribution >= 4 is 17.2 Å². The second kappa shape index (κ2) is 9.22. The average Bonchev–Trinajstić information content (AvgIpc) is 3.35. The van der Waals surface area contributed by atoms with Crippen LogP contribution in [0, 0.1) is 12.7 Å². The van der Waals surface area contributed by atoms with Crippen LogP contribution in [-0.4, -0.2) is 32.6 Å². The minimum Gasteiger partial charge on any atom is -0.337 e. The first-order chi connectivity index (χ1) is 15.0. The number of carbonyl (C=O) groups excluding carboxylic acids is 1. The highest BCUT2D eigenvalue weighted by Crippen LogP contribution is 2.23. The number of hydrogen-bond donors (Lipinski definition) is 0. The second-order valence-electron chi connectivity index (χ2n) is 7.52. The van der Waals surface area contributed by atoms with Gasteiger partial charge >= 0.3 is 0 Å². The Labute approximate surface area is 184 Å². The Balaban J connectivity index is 1.40. The van der Waals surface area contributed by atoms with Crippen LogP contribution in [0.1, 0.15) is 37.1 Å². The van der Waals surface area contributed by atoms with Gasteiger partial charge in [0.2, 0.25) is 0 Å². The van der Waals surface area contributed by atoms with Crippen LogP contribution >= 0.6 is 11.3 Å². The third-order valence-electron chi connectivity index (χ3n) is 4.94. The molecule has 0 bridgehead atoms. The van der Waals surface area contributed by atoms with Crippen LogP contribution in [-0.2, 0) is 19.5 Å². The van der Waals surface area contributed by atoms with E-state index < -0.39 is 0 Å². The van der Waals surface area contributed by atoms with E-state index in [1.165, 1.54) is 29.0 Å². The molecule has 0 fully saturated rings. The molecule has 0 aliphatic rings.